The van der Waals surface area contributed by atoms with Crippen LogP contribution in [0.2, 0.25) is 6.82 Å². The Labute approximate surface area is 106 Å². The van der Waals surface area contributed by atoms with E-state index in [9.17, 15) is 0 Å². The maximum atomic E-state index is 5.21. The first-order valence-corrected chi connectivity index (χ1v) is 5.98. The molecule has 1 radical (unpaired) electrons. The molecular formula is C15H19BN. The van der Waals surface area contributed by atoms with Crippen molar-refractivity contribution in [2.75, 3.05) is 6.54 Å². The minimum atomic E-state index is 0.296. The predicted octanol–water partition coefficient (Wildman–Crippen LogP) is 2.56. The van der Waals surface area contributed by atoms with Gasteiger partial charge in [0.25, 0.3) is 0 Å². The van der Waals surface area contributed by atoms with Crippen molar-refractivity contribution in [3.8, 4) is 12.3 Å². The topological polar surface area (TPSA) is 12.0 Å². The zero-order valence-corrected chi connectivity index (χ0v) is 10.6. The molecule has 1 aromatic rings. The van der Waals surface area contributed by atoms with E-state index < -0.39 is 0 Å². The molecule has 0 saturated heterocycles. The lowest BCUT2D eigenvalue weighted by molar-refractivity contribution is 0.695. The van der Waals surface area contributed by atoms with Crippen LogP contribution in [0.3, 0.4) is 0 Å². The van der Waals surface area contributed by atoms with Crippen molar-refractivity contribution in [2.45, 2.75) is 26.1 Å². The van der Waals surface area contributed by atoms with Crippen molar-refractivity contribution in [1.82, 2.24) is 5.32 Å². The van der Waals surface area contributed by atoms with E-state index in [-0.39, 0.29) is 0 Å². The lowest BCUT2D eigenvalue weighted by Gasteiger charge is -2.07. The monoisotopic (exact) mass is 224 g/mol. The fourth-order valence-corrected chi connectivity index (χ4v) is 1.64. The lowest BCUT2D eigenvalue weighted by atomic mass is 9.74. The molecule has 0 aliphatic heterocycles. The van der Waals surface area contributed by atoms with Gasteiger partial charge >= 0.3 is 0 Å². The number of hydrogen-bond donors (Lipinski definition) is 1. The van der Waals surface area contributed by atoms with Crippen molar-refractivity contribution in [2.24, 2.45) is 0 Å². The van der Waals surface area contributed by atoms with Crippen molar-refractivity contribution < 1.29 is 0 Å². The van der Waals surface area contributed by atoms with Gasteiger partial charge in [-0.05, 0) is 18.1 Å². The summed E-state index contributed by atoms with van der Waals surface area (Å²) in [5.41, 5.74) is 2.63. The van der Waals surface area contributed by atoms with Crippen LogP contribution in [0.4, 0.5) is 0 Å². The maximum absolute atomic E-state index is 5.21. The largest absolute Gasteiger partial charge is 0.300 e. The predicted molar refractivity (Wildman–Crippen MR) is 77.1 cm³/mol. The highest BCUT2D eigenvalue weighted by Crippen LogP contribution is 2.11. The molecule has 0 fully saturated rings. The standard InChI is InChI=1S/C15H19BN/c1-4-11-17-13(2)9-10-14-7-5-6-8-15(14)12-16-3/h1,5-10,13,17H,11-12H2,2-3H3/b10-9+. The summed E-state index contributed by atoms with van der Waals surface area (Å²) in [5.74, 6) is 2.58. The van der Waals surface area contributed by atoms with Gasteiger partial charge < -0.3 is 5.32 Å². The minimum absolute atomic E-state index is 0.296. The van der Waals surface area contributed by atoms with Crippen LogP contribution < -0.4 is 5.32 Å². The third-order valence-electron chi connectivity index (χ3n) is 2.57. The van der Waals surface area contributed by atoms with Crippen molar-refractivity contribution in [3.05, 3.63) is 41.5 Å². The molecule has 1 aromatic carbocycles. The molecule has 0 amide bonds. The van der Waals surface area contributed by atoms with Gasteiger partial charge in [0, 0.05) is 6.04 Å². The zero-order valence-electron chi connectivity index (χ0n) is 10.6. The van der Waals surface area contributed by atoms with Gasteiger partial charge in [0.2, 0.25) is 0 Å². The number of nitrogens with one attached hydrogen (secondary N) is 1. The van der Waals surface area contributed by atoms with Crippen molar-refractivity contribution in [1.29, 1.82) is 0 Å². The highest BCUT2D eigenvalue weighted by molar-refractivity contribution is 6.33. The van der Waals surface area contributed by atoms with Gasteiger partial charge in [-0.3, -0.25) is 0 Å². The van der Waals surface area contributed by atoms with Crippen LogP contribution in [-0.2, 0) is 6.32 Å². The molecule has 1 rings (SSSR count). The molecule has 0 bridgehead atoms. The van der Waals surface area contributed by atoms with Crippen LogP contribution in [0.1, 0.15) is 18.1 Å². The highest BCUT2D eigenvalue weighted by Gasteiger charge is 1.98. The second kappa shape index (κ2) is 7.76. The third kappa shape index (κ3) is 4.93. The lowest BCUT2D eigenvalue weighted by Crippen LogP contribution is -2.23. The van der Waals surface area contributed by atoms with Gasteiger partial charge in [-0.15, -0.1) is 6.42 Å². The Kier molecular flexibility index (Phi) is 6.21. The Morgan fingerprint density at radius 2 is 2.24 bits per heavy atom. The fraction of sp³-hybridized carbons (Fsp3) is 0.333. The summed E-state index contributed by atoms with van der Waals surface area (Å²) in [5, 5.41) is 3.22. The van der Waals surface area contributed by atoms with E-state index in [4.69, 9.17) is 6.42 Å². The molecule has 1 atom stereocenters. The summed E-state index contributed by atoms with van der Waals surface area (Å²) in [6.45, 7) is 4.79. The molecule has 1 unspecified atom stereocenters. The fourth-order valence-electron chi connectivity index (χ4n) is 1.64. The average molecular weight is 224 g/mol. The summed E-state index contributed by atoms with van der Waals surface area (Å²) in [6, 6.07) is 8.75. The normalized spacial score (nSPS) is 12.3. The molecule has 1 N–H and O–H groups in total. The summed E-state index contributed by atoms with van der Waals surface area (Å²) < 4.78 is 0. The molecule has 1 nitrogen and oxygen atoms in total. The van der Waals surface area contributed by atoms with E-state index in [0.29, 0.717) is 12.6 Å². The summed E-state index contributed by atoms with van der Waals surface area (Å²) in [4.78, 5) is 0. The van der Waals surface area contributed by atoms with Gasteiger partial charge in [-0.2, -0.15) is 0 Å². The first-order chi connectivity index (χ1) is 8.27. The van der Waals surface area contributed by atoms with Crippen molar-refractivity contribution >= 4 is 13.4 Å². The molecule has 0 spiro atoms. The van der Waals surface area contributed by atoms with E-state index in [1.54, 1.807) is 0 Å². The van der Waals surface area contributed by atoms with Crippen molar-refractivity contribution in [3.63, 3.8) is 0 Å². The SMILES string of the molecule is C#CCNC(C)/C=C/c1ccccc1C[B]C. The maximum Gasteiger partial charge on any atom is 0.111 e. The molecule has 0 heterocycles. The first kappa shape index (κ1) is 13.6. The minimum Gasteiger partial charge on any atom is -0.300 e. The second-order valence-electron chi connectivity index (χ2n) is 4.04. The van der Waals surface area contributed by atoms with Crippen LogP contribution >= 0.6 is 0 Å². The van der Waals surface area contributed by atoms with E-state index in [1.807, 2.05) is 0 Å². The van der Waals surface area contributed by atoms with Crippen LogP contribution in [0.5, 0.6) is 0 Å². The van der Waals surface area contributed by atoms with Gasteiger partial charge in [-0.25, -0.2) is 0 Å². The van der Waals surface area contributed by atoms with E-state index in [2.05, 4.69) is 68.7 Å². The summed E-state index contributed by atoms with van der Waals surface area (Å²) in [7, 11) is 2.17. The van der Waals surface area contributed by atoms with Crippen LogP contribution in [0.15, 0.2) is 30.3 Å². The first-order valence-electron chi connectivity index (χ1n) is 5.98. The van der Waals surface area contributed by atoms with Gasteiger partial charge in [0.15, 0.2) is 0 Å². The van der Waals surface area contributed by atoms with E-state index in [1.165, 1.54) is 11.1 Å². The van der Waals surface area contributed by atoms with Crippen LogP contribution in [-0.4, -0.2) is 19.9 Å². The molecule has 0 aliphatic carbocycles. The van der Waals surface area contributed by atoms with Crippen LogP contribution in [0.25, 0.3) is 6.08 Å². The Morgan fingerprint density at radius 1 is 1.47 bits per heavy atom. The van der Waals surface area contributed by atoms with Gasteiger partial charge in [-0.1, -0.05) is 55.5 Å². The Balaban J connectivity index is 2.67. The van der Waals surface area contributed by atoms with E-state index in [0.717, 1.165) is 6.32 Å². The Bertz CT molecular complexity index is 404. The summed E-state index contributed by atoms with van der Waals surface area (Å²) >= 11 is 0. The molecule has 17 heavy (non-hydrogen) atoms. The molecular weight excluding hydrogens is 205 g/mol. The smallest absolute Gasteiger partial charge is 0.111 e. The Hall–Kier alpha value is -1.46. The summed E-state index contributed by atoms with van der Waals surface area (Å²) in [6.07, 6.45) is 10.5. The van der Waals surface area contributed by atoms with Gasteiger partial charge in [0.1, 0.15) is 7.28 Å². The van der Waals surface area contributed by atoms with Gasteiger partial charge in [0.05, 0.1) is 6.54 Å². The molecule has 0 aliphatic rings. The zero-order chi connectivity index (χ0) is 12.5. The highest BCUT2D eigenvalue weighted by atomic mass is 14.9. The molecule has 0 aromatic heterocycles. The third-order valence-corrected chi connectivity index (χ3v) is 2.57. The quantitative estimate of drug-likeness (QED) is 0.578. The number of terminal acetylenes is 1. The number of rotatable bonds is 6. The number of hydrogen-bond acceptors (Lipinski definition) is 1. The average Bonchev–Trinajstić information content (AvgIpc) is 2.35. The molecule has 2 heteroatoms. The van der Waals surface area contributed by atoms with Crippen LogP contribution in [0, 0.1) is 12.3 Å². The Morgan fingerprint density at radius 3 is 2.94 bits per heavy atom. The molecule has 87 valence electrons. The second-order valence-corrected chi connectivity index (χ2v) is 4.04. The number of benzene rings is 1. The van der Waals surface area contributed by atoms with E-state index >= 15 is 0 Å². The molecule has 0 saturated carbocycles.